The lowest BCUT2D eigenvalue weighted by molar-refractivity contribution is 0.0514. The molecule has 2 aliphatic heterocycles. The fourth-order valence-corrected chi connectivity index (χ4v) is 9.44. The average Bonchev–Trinajstić information content (AvgIpc) is 3.30. The molecule has 1 N–H and O–H groups in total. The first-order chi connectivity index (χ1) is 29.7. The number of hydrogen-bond acceptors (Lipinski definition) is 14. The molecule has 0 spiro atoms. The number of aromatic amines is 1. The number of aromatic nitrogens is 4. The first-order valence-electron chi connectivity index (χ1n) is 21.0. The lowest BCUT2D eigenvalue weighted by Crippen LogP contribution is -2.49. The van der Waals surface area contributed by atoms with Crippen LogP contribution in [-0.4, -0.2) is 133 Å². The van der Waals surface area contributed by atoms with Crippen molar-refractivity contribution in [2.75, 3.05) is 65.6 Å². The van der Waals surface area contributed by atoms with Crippen LogP contribution in [0.4, 0.5) is 0 Å². The van der Waals surface area contributed by atoms with E-state index in [-0.39, 0.29) is 29.1 Å². The van der Waals surface area contributed by atoms with Gasteiger partial charge in [-0.25, -0.2) is 41.4 Å². The summed E-state index contributed by atoms with van der Waals surface area (Å²) in [5.74, 6) is -0.110. The molecule has 4 heterocycles. The Hall–Kier alpha value is -4.92. The zero-order chi connectivity index (χ0) is 46.0. The molecule has 2 saturated heterocycles. The van der Waals surface area contributed by atoms with Gasteiger partial charge in [-0.2, -0.15) is 8.61 Å². The summed E-state index contributed by atoms with van der Waals surface area (Å²) in [6, 6.07) is 16.5. The zero-order valence-corrected chi connectivity index (χ0v) is 38.9. The van der Waals surface area contributed by atoms with Crippen molar-refractivity contribution in [2.24, 2.45) is 0 Å². The molecule has 2 aromatic carbocycles. The molecule has 0 saturated carbocycles. The van der Waals surface area contributed by atoms with Crippen molar-refractivity contribution in [3.63, 3.8) is 0 Å². The highest BCUT2D eigenvalue weighted by molar-refractivity contribution is 7.89. The van der Waals surface area contributed by atoms with Gasteiger partial charge in [0.05, 0.1) is 46.3 Å². The van der Waals surface area contributed by atoms with Crippen LogP contribution in [0.1, 0.15) is 106 Å². The van der Waals surface area contributed by atoms with Gasteiger partial charge >= 0.3 is 11.9 Å². The van der Waals surface area contributed by atoms with E-state index in [4.69, 9.17) is 9.47 Å². The lowest BCUT2D eigenvalue weighted by atomic mass is 10.2. The van der Waals surface area contributed by atoms with E-state index in [9.17, 15) is 31.2 Å². The molecule has 4 aromatic rings. The number of hydrogen-bond donors (Lipinski definition) is 1. The highest BCUT2D eigenvalue weighted by Crippen LogP contribution is 2.24. The summed E-state index contributed by atoms with van der Waals surface area (Å²) in [6.07, 6.45) is 2.72. The molecular weight excluding hydrogens is 837 g/mol. The molecule has 2 aliphatic rings. The van der Waals surface area contributed by atoms with E-state index in [0.717, 1.165) is 0 Å². The van der Waals surface area contributed by atoms with Crippen LogP contribution in [-0.2, 0) is 29.5 Å². The Balaban J connectivity index is 0.000000306. The number of ether oxygens (including phenoxy) is 2. The quantitative estimate of drug-likeness (QED) is 0.184. The summed E-state index contributed by atoms with van der Waals surface area (Å²) < 4.78 is 63.8. The maximum absolute atomic E-state index is 12.8. The maximum atomic E-state index is 12.8. The molecule has 0 aliphatic carbocycles. The molecule has 2 fully saturated rings. The smallest absolute Gasteiger partial charge is 0.345 e. The van der Waals surface area contributed by atoms with Gasteiger partial charge in [0.25, 0.3) is 5.56 Å². The van der Waals surface area contributed by atoms with E-state index in [1.54, 1.807) is 81.4 Å². The lowest BCUT2D eigenvalue weighted by Gasteiger charge is -2.36. The molecule has 2 aromatic heterocycles. The first-order valence-corrected chi connectivity index (χ1v) is 23.9. The van der Waals surface area contributed by atoms with Crippen LogP contribution in [0, 0.1) is 6.92 Å². The van der Waals surface area contributed by atoms with Crippen LogP contribution in [0.5, 0.6) is 0 Å². The monoisotopic (exact) mass is 898 g/mol. The van der Waals surface area contributed by atoms with Crippen molar-refractivity contribution in [1.29, 1.82) is 0 Å². The van der Waals surface area contributed by atoms with Gasteiger partial charge in [0, 0.05) is 64.8 Å². The second kappa shape index (κ2) is 24.6. The average molecular weight is 899 g/mol. The molecule has 0 radical (unpaired) electrons. The van der Waals surface area contributed by atoms with E-state index in [0.29, 0.717) is 86.8 Å². The Labute approximate surface area is 366 Å². The maximum Gasteiger partial charge on any atom is 0.345 e. The Kier molecular flexibility index (Phi) is 20.4. The van der Waals surface area contributed by atoms with Crippen LogP contribution in [0.3, 0.4) is 0 Å². The van der Waals surface area contributed by atoms with Gasteiger partial charge in [0.15, 0.2) is 0 Å². The number of aryl methyl sites for hydroxylation is 1. The fourth-order valence-electron chi connectivity index (χ4n) is 6.55. The van der Waals surface area contributed by atoms with Gasteiger partial charge in [0.1, 0.15) is 17.2 Å². The highest BCUT2D eigenvalue weighted by Gasteiger charge is 2.33. The number of nitrogens with one attached hydrogen (secondary N) is 1. The minimum absolute atomic E-state index is 0.0912. The van der Waals surface area contributed by atoms with Crippen LogP contribution in [0.15, 0.2) is 87.6 Å². The Morgan fingerprint density at radius 1 is 0.645 bits per heavy atom. The standard InChI is InChI=1S/C20H26N4O4S.C19H24N4O5S.2C2H6/c1-4-28-20(25)18-14-21-19(22-15(18)2)16(3)23-10-12-24(13-11-23)29(26,27)17-8-6-5-7-9-17;1-3-28-19(25)16-13-20-17(21-18(16)24)14(2)22-9-11-23(12-10-22)29(26,27)15-7-5-4-6-8-15;2*1-2/h5-9,14,16H,4,10-13H2,1-3H3;4-8,13-14H,3,9-12H2,1-2H3,(H,20,21,24);2*1-2H3. The third-order valence-electron chi connectivity index (χ3n) is 9.98. The number of nitrogens with zero attached hydrogens (tertiary/aromatic N) is 7. The van der Waals surface area contributed by atoms with Gasteiger partial charge in [-0.3, -0.25) is 14.6 Å². The van der Waals surface area contributed by atoms with Crippen LogP contribution in [0.2, 0.25) is 0 Å². The predicted octanol–water partition coefficient (Wildman–Crippen LogP) is 5.10. The molecule has 0 amide bonds. The van der Waals surface area contributed by atoms with Gasteiger partial charge in [0.2, 0.25) is 20.0 Å². The van der Waals surface area contributed by atoms with Crippen molar-refractivity contribution in [2.45, 2.75) is 84.2 Å². The molecular formula is C43H62N8O9S2. The normalized spacial score (nSPS) is 16.1. The number of carbonyl (C=O) groups is 2. The van der Waals surface area contributed by atoms with Crippen LogP contribution < -0.4 is 5.56 Å². The molecule has 6 rings (SSSR count). The summed E-state index contributed by atoms with van der Waals surface area (Å²) in [6.45, 7) is 21.1. The third kappa shape index (κ3) is 13.1. The van der Waals surface area contributed by atoms with Crippen LogP contribution >= 0.6 is 0 Å². The van der Waals surface area contributed by atoms with Crippen molar-refractivity contribution < 1.29 is 35.9 Å². The van der Waals surface area contributed by atoms with Gasteiger partial charge in [-0.15, -0.1) is 0 Å². The number of H-pyrrole nitrogens is 1. The van der Waals surface area contributed by atoms with Crippen molar-refractivity contribution in [3.8, 4) is 0 Å². The number of piperazine rings is 2. The number of rotatable bonds is 12. The summed E-state index contributed by atoms with van der Waals surface area (Å²) in [5, 5.41) is 0. The van der Waals surface area contributed by atoms with Crippen molar-refractivity contribution >= 4 is 32.0 Å². The predicted molar refractivity (Wildman–Crippen MR) is 237 cm³/mol. The molecule has 2 atom stereocenters. The zero-order valence-electron chi connectivity index (χ0n) is 37.3. The Morgan fingerprint density at radius 3 is 1.45 bits per heavy atom. The summed E-state index contributed by atoms with van der Waals surface area (Å²) >= 11 is 0. The van der Waals surface area contributed by atoms with E-state index in [2.05, 4.69) is 24.8 Å². The SMILES string of the molecule is CC.CC.CCOC(=O)c1cnc(C(C)N2CCN(S(=O)(=O)c3ccccc3)CC2)[nH]c1=O.CCOC(=O)c1cnc(C(C)N2CCN(S(=O)(=O)c3ccccc3)CC2)nc1C. The van der Waals surface area contributed by atoms with E-state index in [1.807, 2.05) is 46.4 Å². The molecule has 62 heavy (non-hydrogen) atoms. The molecule has 19 heteroatoms. The topological polar surface area (TPSA) is 205 Å². The van der Waals surface area contributed by atoms with Crippen molar-refractivity contribution in [1.82, 2.24) is 38.3 Å². The van der Waals surface area contributed by atoms with E-state index >= 15 is 0 Å². The number of carbonyl (C=O) groups excluding carboxylic acids is 2. The Bertz CT molecular complexity index is 2300. The highest BCUT2D eigenvalue weighted by atomic mass is 32.2. The molecule has 2 unspecified atom stereocenters. The van der Waals surface area contributed by atoms with Gasteiger partial charge < -0.3 is 14.5 Å². The minimum atomic E-state index is -3.52. The summed E-state index contributed by atoms with van der Waals surface area (Å²) in [7, 11) is -7.00. The van der Waals surface area contributed by atoms with Gasteiger partial charge in [-0.05, 0) is 58.9 Å². The number of sulfonamides is 2. The molecule has 340 valence electrons. The summed E-state index contributed by atoms with van der Waals surface area (Å²) in [5.41, 5.74) is 0.249. The minimum Gasteiger partial charge on any atom is -0.462 e. The number of esters is 2. The van der Waals surface area contributed by atoms with Crippen LogP contribution in [0.25, 0.3) is 0 Å². The largest absolute Gasteiger partial charge is 0.462 e. The molecule has 0 bridgehead atoms. The van der Waals surface area contributed by atoms with Gasteiger partial charge in [-0.1, -0.05) is 64.1 Å². The Morgan fingerprint density at radius 2 is 1.05 bits per heavy atom. The van der Waals surface area contributed by atoms with Crippen molar-refractivity contribution in [3.05, 3.63) is 112 Å². The second-order valence-corrected chi connectivity index (χ2v) is 17.4. The number of benzene rings is 2. The third-order valence-corrected chi connectivity index (χ3v) is 13.8. The van der Waals surface area contributed by atoms with E-state index < -0.39 is 37.5 Å². The summed E-state index contributed by atoms with van der Waals surface area (Å²) in [4.78, 5) is 56.3. The van der Waals surface area contributed by atoms with E-state index in [1.165, 1.54) is 21.0 Å². The second-order valence-electron chi connectivity index (χ2n) is 13.5. The molecule has 17 nitrogen and oxygen atoms in total. The fraction of sp³-hybridized carbons (Fsp3) is 0.488. The first kappa shape index (κ1) is 51.4.